The van der Waals surface area contributed by atoms with Gasteiger partial charge in [-0.2, -0.15) is 0 Å². The molecule has 0 bridgehead atoms. The predicted molar refractivity (Wildman–Crippen MR) is 71.7 cm³/mol. The van der Waals surface area contributed by atoms with Gasteiger partial charge in [0, 0.05) is 28.0 Å². The van der Waals surface area contributed by atoms with E-state index in [9.17, 15) is 4.39 Å². The lowest BCUT2D eigenvalue weighted by molar-refractivity contribution is 0.556. The molecule has 0 saturated heterocycles. The summed E-state index contributed by atoms with van der Waals surface area (Å²) in [6, 6.07) is 4.82. The maximum Gasteiger partial charge on any atom is 0.129 e. The van der Waals surface area contributed by atoms with Crippen molar-refractivity contribution >= 4 is 15.9 Å². The Balaban J connectivity index is 2.41. The Bertz CT molecular complexity index is 519. The normalized spacial score (nSPS) is 12.4. The van der Waals surface area contributed by atoms with Crippen LogP contribution < -0.4 is 5.32 Å². The molecule has 0 radical (unpaired) electrons. The van der Waals surface area contributed by atoms with E-state index in [0.717, 1.165) is 16.6 Å². The predicted octanol–water partition coefficient (Wildman–Crippen LogP) is 3.08. The van der Waals surface area contributed by atoms with E-state index in [1.807, 2.05) is 13.0 Å². The van der Waals surface area contributed by atoms with Crippen molar-refractivity contribution in [1.82, 2.24) is 15.3 Å². The second kappa shape index (κ2) is 6.02. The molecule has 1 atom stereocenters. The number of halogens is 2. The maximum atomic E-state index is 14.0. The molecule has 1 aromatic heterocycles. The molecule has 0 spiro atoms. The summed E-state index contributed by atoms with van der Waals surface area (Å²) < 4.78 is 14.7. The second-order valence-corrected chi connectivity index (χ2v) is 4.74. The molecule has 2 aromatic rings. The van der Waals surface area contributed by atoms with Gasteiger partial charge in [0.15, 0.2) is 0 Å². The van der Waals surface area contributed by atoms with Gasteiger partial charge in [0.1, 0.15) is 12.1 Å². The molecule has 0 amide bonds. The van der Waals surface area contributed by atoms with Gasteiger partial charge in [-0.3, -0.25) is 0 Å². The molecule has 3 nitrogen and oxygen atoms in total. The van der Waals surface area contributed by atoms with Gasteiger partial charge in [-0.05, 0) is 18.7 Å². The molecule has 1 unspecified atom stereocenters. The lowest BCUT2D eigenvalue weighted by Gasteiger charge is -2.18. The van der Waals surface area contributed by atoms with E-state index in [2.05, 4.69) is 31.2 Å². The van der Waals surface area contributed by atoms with Crippen LogP contribution in [-0.2, 0) is 0 Å². The van der Waals surface area contributed by atoms with Crippen molar-refractivity contribution in [1.29, 1.82) is 0 Å². The van der Waals surface area contributed by atoms with Crippen LogP contribution in [0.25, 0.3) is 0 Å². The first-order valence-electron chi connectivity index (χ1n) is 5.65. The molecule has 0 aliphatic rings. The van der Waals surface area contributed by atoms with Crippen LogP contribution in [0.15, 0.2) is 41.4 Å². The standard InChI is InChI=1S/C13H13BrFN3/c1-2-18-13(9-6-16-8-17-7-9)11-4-3-10(14)5-12(11)15/h3-8,13,18H,2H2,1H3. The van der Waals surface area contributed by atoms with Gasteiger partial charge in [0.25, 0.3) is 0 Å². The minimum atomic E-state index is -0.251. The van der Waals surface area contributed by atoms with Crippen LogP contribution >= 0.6 is 15.9 Å². The number of hydrogen-bond donors (Lipinski definition) is 1. The summed E-state index contributed by atoms with van der Waals surface area (Å²) >= 11 is 3.26. The molecule has 18 heavy (non-hydrogen) atoms. The summed E-state index contributed by atoms with van der Waals surface area (Å²) in [5.74, 6) is -0.251. The first-order chi connectivity index (χ1) is 8.72. The van der Waals surface area contributed by atoms with E-state index >= 15 is 0 Å². The highest BCUT2D eigenvalue weighted by Crippen LogP contribution is 2.25. The van der Waals surface area contributed by atoms with Gasteiger partial charge in [0.2, 0.25) is 0 Å². The fourth-order valence-corrected chi connectivity index (χ4v) is 2.14. The Kier molecular flexibility index (Phi) is 4.38. The van der Waals surface area contributed by atoms with Gasteiger partial charge < -0.3 is 5.32 Å². The minimum Gasteiger partial charge on any atom is -0.306 e. The highest BCUT2D eigenvalue weighted by Gasteiger charge is 2.17. The van der Waals surface area contributed by atoms with Gasteiger partial charge in [-0.25, -0.2) is 14.4 Å². The van der Waals surface area contributed by atoms with Crippen molar-refractivity contribution in [2.75, 3.05) is 6.54 Å². The highest BCUT2D eigenvalue weighted by molar-refractivity contribution is 9.10. The Morgan fingerprint density at radius 1 is 1.33 bits per heavy atom. The van der Waals surface area contributed by atoms with Crippen LogP contribution in [0.4, 0.5) is 4.39 Å². The molecule has 5 heteroatoms. The molecule has 1 heterocycles. The molecule has 2 rings (SSSR count). The number of benzene rings is 1. The highest BCUT2D eigenvalue weighted by atomic mass is 79.9. The van der Waals surface area contributed by atoms with Gasteiger partial charge in [0.05, 0.1) is 6.04 Å². The minimum absolute atomic E-state index is 0.232. The molecule has 1 N–H and O–H groups in total. The Morgan fingerprint density at radius 3 is 2.67 bits per heavy atom. The first-order valence-corrected chi connectivity index (χ1v) is 6.45. The van der Waals surface area contributed by atoms with E-state index in [1.54, 1.807) is 18.5 Å². The summed E-state index contributed by atoms with van der Waals surface area (Å²) in [7, 11) is 0. The second-order valence-electron chi connectivity index (χ2n) is 3.83. The van der Waals surface area contributed by atoms with Crippen LogP contribution in [0.1, 0.15) is 24.1 Å². The fraction of sp³-hybridized carbons (Fsp3) is 0.231. The van der Waals surface area contributed by atoms with Gasteiger partial charge >= 0.3 is 0 Å². The maximum absolute atomic E-state index is 14.0. The van der Waals surface area contributed by atoms with Crippen LogP contribution in [0.2, 0.25) is 0 Å². The molecule has 0 saturated carbocycles. The topological polar surface area (TPSA) is 37.8 Å². The van der Waals surface area contributed by atoms with Crippen molar-refractivity contribution in [2.24, 2.45) is 0 Å². The zero-order chi connectivity index (χ0) is 13.0. The zero-order valence-corrected chi connectivity index (χ0v) is 11.5. The van der Waals surface area contributed by atoms with Crippen LogP contribution in [0.5, 0.6) is 0 Å². The lowest BCUT2D eigenvalue weighted by atomic mass is 10.0. The van der Waals surface area contributed by atoms with Crippen molar-refractivity contribution in [2.45, 2.75) is 13.0 Å². The number of nitrogens with zero attached hydrogens (tertiary/aromatic N) is 2. The summed E-state index contributed by atoms with van der Waals surface area (Å²) in [4.78, 5) is 7.96. The molecular weight excluding hydrogens is 297 g/mol. The van der Waals surface area contributed by atoms with Crippen molar-refractivity contribution < 1.29 is 4.39 Å². The van der Waals surface area contributed by atoms with Crippen LogP contribution in [-0.4, -0.2) is 16.5 Å². The number of rotatable bonds is 4. The van der Waals surface area contributed by atoms with Crippen molar-refractivity contribution in [3.63, 3.8) is 0 Å². The van der Waals surface area contributed by atoms with E-state index in [1.165, 1.54) is 12.4 Å². The monoisotopic (exact) mass is 309 g/mol. The molecular formula is C13H13BrFN3. The third-order valence-corrected chi connectivity index (χ3v) is 3.09. The van der Waals surface area contributed by atoms with Gasteiger partial charge in [-0.15, -0.1) is 0 Å². The van der Waals surface area contributed by atoms with Crippen LogP contribution in [0.3, 0.4) is 0 Å². The lowest BCUT2D eigenvalue weighted by Crippen LogP contribution is -2.23. The van der Waals surface area contributed by atoms with E-state index in [4.69, 9.17) is 0 Å². The quantitative estimate of drug-likeness (QED) is 0.943. The Labute approximate surface area is 114 Å². The average Bonchev–Trinajstić information content (AvgIpc) is 2.38. The van der Waals surface area contributed by atoms with Gasteiger partial charge in [-0.1, -0.05) is 28.9 Å². The molecule has 94 valence electrons. The molecule has 1 aromatic carbocycles. The van der Waals surface area contributed by atoms with E-state index < -0.39 is 0 Å². The first kappa shape index (κ1) is 13.1. The number of aromatic nitrogens is 2. The summed E-state index contributed by atoms with van der Waals surface area (Å²) in [5.41, 5.74) is 1.44. The van der Waals surface area contributed by atoms with Crippen molar-refractivity contribution in [3.05, 3.63) is 58.3 Å². The molecule has 0 aliphatic heterocycles. The largest absolute Gasteiger partial charge is 0.306 e. The molecule has 0 aliphatic carbocycles. The Hall–Kier alpha value is -1.33. The third-order valence-electron chi connectivity index (χ3n) is 2.60. The van der Waals surface area contributed by atoms with E-state index in [0.29, 0.717) is 5.56 Å². The number of nitrogens with one attached hydrogen (secondary N) is 1. The average molecular weight is 310 g/mol. The summed E-state index contributed by atoms with van der Waals surface area (Å²) in [6.45, 7) is 2.71. The fourth-order valence-electron chi connectivity index (χ4n) is 1.81. The third kappa shape index (κ3) is 2.91. The summed E-state index contributed by atoms with van der Waals surface area (Å²) in [5, 5.41) is 3.24. The van der Waals surface area contributed by atoms with Crippen LogP contribution in [0, 0.1) is 5.82 Å². The Morgan fingerprint density at radius 2 is 2.06 bits per heavy atom. The van der Waals surface area contributed by atoms with E-state index in [-0.39, 0.29) is 11.9 Å². The molecule has 0 fully saturated rings. The number of hydrogen-bond acceptors (Lipinski definition) is 3. The summed E-state index contributed by atoms with van der Waals surface area (Å²) in [6.07, 6.45) is 4.86. The smallest absolute Gasteiger partial charge is 0.129 e. The SMILES string of the molecule is CCNC(c1cncnc1)c1ccc(Br)cc1F. The zero-order valence-electron chi connectivity index (χ0n) is 9.90. The van der Waals surface area contributed by atoms with Crippen molar-refractivity contribution in [3.8, 4) is 0 Å².